The van der Waals surface area contributed by atoms with E-state index < -0.39 is 0 Å². The lowest BCUT2D eigenvalue weighted by atomic mass is 10.1. The van der Waals surface area contributed by atoms with E-state index in [4.69, 9.17) is 9.15 Å². The Morgan fingerprint density at radius 1 is 1.28 bits per heavy atom. The molecule has 0 saturated carbocycles. The molecule has 0 bridgehead atoms. The Hall–Kier alpha value is -2.55. The van der Waals surface area contributed by atoms with E-state index in [1.165, 1.54) is 17.4 Å². The van der Waals surface area contributed by atoms with E-state index in [1.54, 1.807) is 30.5 Å². The number of hydrogen-bond donors (Lipinski definition) is 1. The quantitative estimate of drug-likeness (QED) is 0.662. The predicted octanol–water partition coefficient (Wildman–Crippen LogP) is 3.86. The van der Waals surface area contributed by atoms with Crippen LogP contribution in [0, 0.1) is 12.7 Å². The molecule has 0 unspecified atom stereocenters. The summed E-state index contributed by atoms with van der Waals surface area (Å²) in [6.45, 7) is 5.79. The van der Waals surface area contributed by atoms with Gasteiger partial charge in [-0.3, -0.25) is 15.0 Å². The van der Waals surface area contributed by atoms with Gasteiger partial charge in [-0.1, -0.05) is 18.2 Å². The van der Waals surface area contributed by atoms with Gasteiger partial charge < -0.3 is 9.15 Å². The molecule has 0 spiro atoms. The number of furan rings is 1. The number of nitrogens with zero attached hydrogens (tertiary/aromatic N) is 2. The molecule has 152 valence electrons. The van der Waals surface area contributed by atoms with Crippen LogP contribution in [0.4, 0.5) is 9.52 Å². The zero-order valence-electron chi connectivity index (χ0n) is 16.1. The van der Waals surface area contributed by atoms with Crippen LogP contribution in [0.15, 0.2) is 40.9 Å². The van der Waals surface area contributed by atoms with Crippen LogP contribution in [0.5, 0.6) is 0 Å². The monoisotopic (exact) mass is 415 g/mol. The minimum absolute atomic E-state index is 0.245. The number of thiazole rings is 1. The Balaban J connectivity index is 1.39. The van der Waals surface area contributed by atoms with Gasteiger partial charge in [0.1, 0.15) is 11.6 Å². The number of benzene rings is 1. The Morgan fingerprint density at radius 3 is 2.86 bits per heavy atom. The molecular weight excluding hydrogens is 393 g/mol. The molecule has 0 aliphatic carbocycles. The van der Waals surface area contributed by atoms with Gasteiger partial charge in [-0.25, -0.2) is 9.37 Å². The van der Waals surface area contributed by atoms with Crippen molar-refractivity contribution in [1.82, 2.24) is 9.88 Å². The molecule has 3 heterocycles. The highest BCUT2D eigenvalue weighted by molar-refractivity contribution is 7.15. The summed E-state index contributed by atoms with van der Waals surface area (Å²) in [6.07, 6.45) is 2.09. The standard InChI is InChI=1S/C21H22FN3O3S/c1-14-16(13-25-6-8-27-9-7-25)11-19(28-14)20(26)24-21-23-12-17(29-21)10-15-4-2-3-5-18(15)22/h2-5,11-12H,6-10,13H2,1H3,(H,23,24,26). The van der Waals surface area contributed by atoms with Crippen LogP contribution in [0.3, 0.4) is 0 Å². The van der Waals surface area contributed by atoms with Crippen LogP contribution in [0.2, 0.25) is 0 Å². The second-order valence-corrected chi connectivity index (χ2v) is 8.05. The number of nitrogens with one attached hydrogen (secondary N) is 1. The topological polar surface area (TPSA) is 67.6 Å². The lowest BCUT2D eigenvalue weighted by Crippen LogP contribution is -2.35. The first-order valence-corrected chi connectivity index (χ1v) is 10.3. The minimum Gasteiger partial charge on any atom is -0.456 e. The van der Waals surface area contributed by atoms with Crippen molar-refractivity contribution < 1.29 is 18.3 Å². The van der Waals surface area contributed by atoms with Crippen LogP contribution >= 0.6 is 11.3 Å². The van der Waals surface area contributed by atoms with E-state index in [9.17, 15) is 9.18 Å². The fraction of sp³-hybridized carbons (Fsp3) is 0.333. The number of carbonyl (C=O) groups is 1. The maximum atomic E-state index is 13.8. The smallest absolute Gasteiger partial charge is 0.293 e. The molecule has 1 fully saturated rings. The van der Waals surface area contributed by atoms with E-state index in [2.05, 4.69) is 15.2 Å². The number of hydrogen-bond acceptors (Lipinski definition) is 6. The lowest BCUT2D eigenvalue weighted by Gasteiger charge is -2.26. The van der Waals surface area contributed by atoms with E-state index in [-0.39, 0.29) is 17.5 Å². The SMILES string of the molecule is Cc1oc(C(=O)Nc2ncc(Cc3ccccc3F)s2)cc1CN1CCOCC1. The van der Waals surface area contributed by atoms with E-state index in [0.29, 0.717) is 17.1 Å². The lowest BCUT2D eigenvalue weighted by molar-refractivity contribution is 0.0340. The van der Waals surface area contributed by atoms with Gasteiger partial charge >= 0.3 is 0 Å². The van der Waals surface area contributed by atoms with E-state index >= 15 is 0 Å². The van der Waals surface area contributed by atoms with Gasteiger partial charge in [0.05, 0.1) is 13.2 Å². The summed E-state index contributed by atoms with van der Waals surface area (Å²) >= 11 is 1.33. The number of aryl methyl sites for hydroxylation is 1. The third-order valence-corrected chi connectivity index (χ3v) is 5.75. The van der Waals surface area contributed by atoms with Crippen molar-refractivity contribution in [3.05, 3.63) is 69.9 Å². The van der Waals surface area contributed by atoms with E-state index in [0.717, 1.165) is 49.0 Å². The number of ether oxygens (including phenoxy) is 1. The van der Waals surface area contributed by atoms with Gasteiger partial charge in [0.15, 0.2) is 10.9 Å². The Morgan fingerprint density at radius 2 is 2.07 bits per heavy atom. The number of amides is 1. The number of rotatable bonds is 6. The average Bonchev–Trinajstić information content (AvgIpc) is 3.31. The fourth-order valence-corrected chi connectivity index (χ4v) is 4.05. The molecule has 1 aromatic carbocycles. The summed E-state index contributed by atoms with van der Waals surface area (Å²) < 4.78 is 24.8. The molecule has 1 aliphatic heterocycles. The Kier molecular flexibility index (Phi) is 6.03. The predicted molar refractivity (Wildman–Crippen MR) is 109 cm³/mol. The largest absolute Gasteiger partial charge is 0.456 e. The molecule has 1 N–H and O–H groups in total. The van der Waals surface area contributed by atoms with Crippen molar-refractivity contribution in [3.8, 4) is 0 Å². The van der Waals surface area contributed by atoms with E-state index in [1.807, 2.05) is 6.92 Å². The molecule has 2 aromatic heterocycles. The maximum Gasteiger partial charge on any atom is 0.293 e. The number of halogens is 1. The molecule has 8 heteroatoms. The van der Waals surface area contributed by atoms with Crippen LogP contribution in [-0.2, 0) is 17.7 Å². The molecule has 1 aliphatic rings. The third kappa shape index (κ3) is 4.90. The number of morpholine rings is 1. The first-order chi connectivity index (χ1) is 14.1. The highest BCUT2D eigenvalue weighted by Crippen LogP contribution is 2.24. The van der Waals surface area contributed by atoms with Gasteiger partial charge in [0.25, 0.3) is 5.91 Å². The second kappa shape index (κ2) is 8.86. The van der Waals surface area contributed by atoms with Crippen molar-refractivity contribution in [3.63, 3.8) is 0 Å². The second-order valence-electron chi connectivity index (χ2n) is 6.93. The summed E-state index contributed by atoms with van der Waals surface area (Å²) in [6, 6.07) is 8.43. The van der Waals surface area contributed by atoms with Crippen molar-refractivity contribution in [2.75, 3.05) is 31.6 Å². The average molecular weight is 415 g/mol. The van der Waals surface area contributed by atoms with Crippen LogP contribution in [0.25, 0.3) is 0 Å². The summed E-state index contributed by atoms with van der Waals surface area (Å²) in [7, 11) is 0. The number of anilines is 1. The molecule has 3 aromatic rings. The van der Waals surface area contributed by atoms with Crippen LogP contribution in [0.1, 0.15) is 32.3 Å². The fourth-order valence-electron chi connectivity index (χ4n) is 3.22. The molecule has 6 nitrogen and oxygen atoms in total. The maximum absolute atomic E-state index is 13.8. The molecule has 1 amide bonds. The third-order valence-electron chi connectivity index (χ3n) is 4.84. The van der Waals surface area contributed by atoms with Crippen molar-refractivity contribution in [2.45, 2.75) is 19.9 Å². The summed E-state index contributed by atoms with van der Waals surface area (Å²) in [5, 5.41) is 3.23. The summed E-state index contributed by atoms with van der Waals surface area (Å²) in [4.78, 5) is 19.9. The number of carbonyl (C=O) groups excluding carboxylic acids is 1. The molecule has 0 radical (unpaired) electrons. The van der Waals surface area contributed by atoms with Gasteiger partial charge in [0.2, 0.25) is 0 Å². The van der Waals surface area contributed by atoms with Gasteiger partial charge in [-0.2, -0.15) is 0 Å². The Labute approximate surface area is 172 Å². The molecule has 29 heavy (non-hydrogen) atoms. The van der Waals surface area contributed by atoms with Gasteiger partial charge in [-0.05, 0) is 24.6 Å². The van der Waals surface area contributed by atoms with Crippen molar-refractivity contribution in [1.29, 1.82) is 0 Å². The highest BCUT2D eigenvalue weighted by Gasteiger charge is 2.19. The first-order valence-electron chi connectivity index (χ1n) is 9.47. The number of aromatic nitrogens is 1. The van der Waals surface area contributed by atoms with Gasteiger partial charge in [-0.15, -0.1) is 11.3 Å². The van der Waals surface area contributed by atoms with Crippen molar-refractivity contribution in [2.24, 2.45) is 0 Å². The first kappa shape index (κ1) is 19.8. The molecular formula is C21H22FN3O3S. The minimum atomic E-state index is -0.340. The molecule has 1 saturated heterocycles. The zero-order chi connectivity index (χ0) is 20.2. The van der Waals surface area contributed by atoms with Crippen LogP contribution in [-0.4, -0.2) is 42.1 Å². The van der Waals surface area contributed by atoms with Gasteiger partial charge in [0, 0.05) is 42.7 Å². The summed E-state index contributed by atoms with van der Waals surface area (Å²) in [5.41, 5.74) is 1.60. The van der Waals surface area contributed by atoms with Crippen LogP contribution < -0.4 is 5.32 Å². The summed E-state index contributed by atoms with van der Waals surface area (Å²) in [5.74, 6) is 0.413. The van der Waals surface area contributed by atoms with Crippen molar-refractivity contribution >= 4 is 22.4 Å². The normalized spacial score (nSPS) is 14.8. The Bertz CT molecular complexity index is 995. The zero-order valence-corrected chi connectivity index (χ0v) is 16.9. The highest BCUT2D eigenvalue weighted by atomic mass is 32.1. The molecule has 4 rings (SSSR count). The molecule has 0 atom stereocenters.